The van der Waals surface area contributed by atoms with Crippen LogP contribution < -0.4 is 0 Å². The fourth-order valence-electron chi connectivity index (χ4n) is 2.78. The first kappa shape index (κ1) is 8.10. The second kappa shape index (κ2) is 3.08. The molecular weight excluding hydrogens is 200 g/mol. The zero-order valence-electron chi connectivity index (χ0n) is 7.11. The normalized spacial score (nSPS) is 34.1. The quantitative estimate of drug-likeness (QED) is 0.618. The number of hydrogen-bond acceptors (Lipinski definition) is 0. The molecule has 0 nitrogen and oxygen atoms in total. The zero-order chi connectivity index (χ0) is 7.73. The van der Waals surface area contributed by atoms with E-state index in [0.717, 1.165) is 11.3 Å². The van der Waals surface area contributed by atoms with Gasteiger partial charge in [0.25, 0.3) is 0 Å². The second-order valence-corrected chi connectivity index (χ2v) is 5.08. The molecular formula is C10H17Br. The molecule has 0 aliphatic heterocycles. The molecule has 1 spiro atoms. The van der Waals surface area contributed by atoms with Crippen LogP contribution >= 0.6 is 15.9 Å². The van der Waals surface area contributed by atoms with Crippen molar-refractivity contribution in [3.05, 3.63) is 0 Å². The van der Waals surface area contributed by atoms with E-state index in [1.54, 1.807) is 19.3 Å². The zero-order valence-corrected chi connectivity index (χ0v) is 8.70. The van der Waals surface area contributed by atoms with Crippen molar-refractivity contribution in [2.45, 2.75) is 44.9 Å². The third-order valence-electron chi connectivity index (χ3n) is 3.69. The molecule has 2 saturated carbocycles. The summed E-state index contributed by atoms with van der Waals surface area (Å²) in [4.78, 5) is 0. The lowest BCUT2D eigenvalue weighted by atomic mass is 9.75. The van der Waals surface area contributed by atoms with Crippen LogP contribution in [0.2, 0.25) is 0 Å². The molecule has 1 atom stereocenters. The van der Waals surface area contributed by atoms with E-state index in [1.807, 2.05) is 0 Å². The first-order valence-corrected chi connectivity index (χ1v) is 6.05. The average Bonchev–Trinajstić information content (AvgIpc) is 2.77. The van der Waals surface area contributed by atoms with E-state index in [9.17, 15) is 0 Å². The molecule has 64 valence electrons. The average molecular weight is 217 g/mol. The molecule has 0 aromatic rings. The van der Waals surface area contributed by atoms with Crippen LogP contribution in [-0.2, 0) is 0 Å². The standard InChI is InChI=1S/C10H17Br/c11-8-4-9-3-1-2-5-10(9)6-7-10/h9H,1-8H2. The third-order valence-corrected chi connectivity index (χ3v) is 4.15. The van der Waals surface area contributed by atoms with Gasteiger partial charge < -0.3 is 0 Å². The molecule has 2 aliphatic rings. The van der Waals surface area contributed by atoms with Crippen molar-refractivity contribution >= 4 is 15.9 Å². The van der Waals surface area contributed by atoms with E-state index in [1.165, 1.54) is 31.0 Å². The largest absolute Gasteiger partial charge is 0.0928 e. The van der Waals surface area contributed by atoms with Gasteiger partial charge in [0, 0.05) is 5.33 Å². The number of halogens is 1. The van der Waals surface area contributed by atoms with Crippen LogP contribution in [0.1, 0.15) is 44.9 Å². The number of rotatable bonds is 2. The minimum atomic E-state index is 0.867. The van der Waals surface area contributed by atoms with Crippen LogP contribution in [0.3, 0.4) is 0 Å². The maximum atomic E-state index is 3.56. The first-order valence-electron chi connectivity index (χ1n) is 4.93. The van der Waals surface area contributed by atoms with Gasteiger partial charge in [-0.05, 0) is 43.4 Å². The monoisotopic (exact) mass is 216 g/mol. The molecule has 0 heterocycles. The summed E-state index contributed by atoms with van der Waals surface area (Å²) in [5.74, 6) is 1.08. The molecule has 11 heavy (non-hydrogen) atoms. The first-order chi connectivity index (χ1) is 5.37. The van der Waals surface area contributed by atoms with E-state index in [4.69, 9.17) is 0 Å². The highest BCUT2D eigenvalue weighted by Crippen LogP contribution is 2.60. The fraction of sp³-hybridized carbons (Fsp3) is 1.00. The van der Waals surface area contributed by atoms with Crippen LogP contribution in [0.25, 0.3) is 0 Å². The lowest BCUT2D eigenvalue weighted by Gasteiger charge is -2.31. The van der Waals surface area contributed by atoms with Gasteiger partial charge in [0.05, 0.1) is 0 Å². The Kier molecular flexibility index (Phi) is 2.27. The van der Waals surface area contributed by atoms with Gasteiger partial charge in [-0.2, -0.15) is 0 Å². The van der Waals surface area contributed by atoms with Gasteiger partial charge >= 0.3 is 0 Å². The fourth-order valence-corrected chi connectivity index (χ4v) is 3.33. The molecule has 1 heteroatoms. The highest BCUT2D eigenvalue weighted by Gasteiger charge is 2.49. The molecule has 0 N–H and O–H groups in total. The van der Waals surface area contributed by atoms with Crippen molar-refractivity contribution in [2.24, 2.45) is 11.3 Å². The Hall–Kier alpha value is 0.480. The molecule has 0 amide bonds. The predicted octanol–water partition coefficient (Wildman–Crippen LogP) is 3.74. The van der Waals surface area contributed by atoms with E-state index in [-0.39, 0.29) is 0 Å². The van der Waals surface area contributed by atoms with Gasteiger partial charge in [-0.15, -0.1) is 0 Å². The summed E-state index contributed by atoms with van der Waals surface area (Å²) in [6, 6.07) is 0. The van der Waals surface area contributed by atoms with Crippen molar-refractivity contribution in [1.82, 2.24) is 0 Å². The van der Waals surface area contributed by atoms with Gasteiger partial charge in [-0.25, -0.2) is 0 Å². The Morgan fingerprint density at radius 1 is 1.18 bits per heavy atom. The summed E-state index contributed by atoms with van der Waals surface area (Å²) in [5.41, 5.74) is 0.867. The lowest BCUT2D eigenvalue weighted by molar-refractivity contribution is 0.209. The van der Waals surface area contributed by atoms with Gasteiger partial charge in [0.2, 0.25) is 0 Å². The molecule has 1 unspecified atom stereocenters. The summed E-state index contributed by atoms with van der Waals surface area (Å²) in [7, 11) is 0. The SMILES string of the molecule is BrCCC1CCCCC12CC2. The Morgan fingerprint density at radius 3 is 2.64 bits per heavy atom. The van der Waals surface area contributed by atoms with Crippen LogP contribution in [-0.4, -0.2) is 5.33 Å². The van der Waals surface area contributed by atoms with Gasteiger partial charge in [-0.3, -0.25) is 0 Å². The minimum absolute atomic E-state index is 0.867. The van der Waals surface area contributed by atoms with Crippen molar-refractivity contribution in [1.29, 1.82) is 0 Å². The van der Waals surface area contributed by atoms with Gasteiger partial charge in [0.1, 0.15) is 0 Å². The van der Waals surface area contributed by atoms with E-state index in [0.29, 0.717) is 0 Å². The molecule has 2 aliphatic carbocycles. The Balaban J connectivity index is 1.93. The summed E-state index contributed by atoms with van der Waals surface area (Å²) in [5, 5.41) is 1.22. The van der Waals surface area contributed by atoms with Crippen LogP contribution in [0.4, 0.5) is 0 Å². The van der Waals surface area contributed by atoms with E-state index >= 15 is 0 Å². The molecule has 0 radical (unpaired) electrons. The predicted molar refractivity (Wildman–Crippen MR) is 52.0 cm³/mol. The number of alkyl halides is 1. The van der Waals surface area contributed by atoms with Crippen molar-refractivity contribution in [2.75, 3.05) is 5.33 Å². The summed E-state index contributed by atoms with van der Waals surface area (Å²) in [6.45, 7) is 0. The summed E-state index contributed by atoms with van der Waals surface area (Å²) < 4.78 is 0. The summed E-state index contributed by atoms with van der Waals surface area (Å²) >= 11 is 3.56. The number of hydrogen-bond donors (Lipinski definition) is 0. The Labute approximate surface area is 77.9 Å². The molecule has 2 fully saturated rings. The smallest absolute Gasteiger partial charge is 0.00341 e. The van der Waals surface area contributed by atoms with Crippen LogP contribution in [0.15, 0.2) is 0 Å². The van der Waals surface area contributed by atoms with Crippen molar-refractivity contribution in [3.63, 3.8) is 0 Å². The topological polar surface area (TPSA) is 0 Å². The summed E-state index contributed by atoms with van der Waals surface area (Å²) in [6.07, 6.45) is 10.6. The van der Waals surface area contributed by atoms with E-state index in [2.05, 4.69) is 15.9 Å². The lowest BCUT2D eigenvalue weighted by Crippen LogP contribution is -2.20. The Morgan fingerprint density at radius 2 is 2.00 bits per heavy atom. The van der Waals surface area contributed by atoms with Crippen LogP contribution in [0.5, 0.6) is 0 Å². The van der Waals surface area contributed by atoms with E-state index < -0.39 is 0 Å². The molecule has 0 aromatic heterocycles. The maximum absolute atomic E-state index is 3.56. The highest BCUT2D eigenvalue weighted by molar-refractivity contribution is 9.09. The Bertz CT molecular complexity index is 136. The minimum Gasteiger partial charge on any atom is -0.0928 e. The second-order valence-electron chi connectivity index (χ2n) is 4.28. The molecule has 0 bridgehead atoms. The van der Waals surface area contributed by atoms with Gasteiger partial charge in [-0.1, -0.05) is 28.8 Å². The molecule has 0 aromatic carbocycles. The highest BCUT2D eigenvalue weighted by atomic mass is 79.9. The van der Waals surface area contributed by atoms with Crippen molar-refractivity contribution < 1.29 is 0 Å². The molecule has 0 saturated heterocycles. The molecule has 2 rings (SSSR count). The van der Waals surface area contributed by atoms with Crippen LogP contribution in [0, 0.1) is 11.3 Å². The van der Waals surface area contributed by atoms with Gasteiger partial charge in [0.15, 0.2) is 0 Å². The maximum Gasteiger partial charge on any atom is 0.00341 e. The van der Waals surface area contributed by atoms with Crippen molar-refractivity contribution in [3.8, 4) is 0 Å². The third kappa shape index (κ3) is 1.49.